The summed E-state index contributed by atoms with van der Waals surface area (Å²) in [6.45, 7) is 0.107. The highest BCUT2D eigenvalue weighted by molar-refractivity contribution is 7.89. The molecule has 1 aromatic rings. The van der Waals surface area contributed by atoms with Crippen molar-refractivity contribution in [3.63, 3.8) is 0 Å². The van der Waals surface area contributed by atoms with Crippen molar-refractivity contribution in [2.45, 2.75) is 36.7 Å². The summed E-state index contributed by atoms with van der Waals surface area (Å²) >= 11 is 0. The Morgan fingerprint density at radius 1 is 1.33 bits per heavy atom. The number of nitrogen functional groups attached to an aromatic ring is 1. The van der Waals surface area contributed by atoms with Crippen LogP contribution in [0.25, 0.3) is 0 Å². The zero-order chi connectivity index (χ0) is 15.6. The van der Waals surface area contributed by atoms with Crippen molar-refractivity contribution in [3.8, 4) is 0 Å². The first-order chi connectivity index (χ1) is 9.81. The minimum Gasteiger partial charge on any atom is -0.394 e. The van der Waals surface area contributed by atoms with Crippen LogP contribution in [0.3, 0.4) is 0 Å². The van der Waals surface area contributed by atoms with E-state index in [4.69, 9.17) is 5.73 Å². The van der Waals surface area contributed by atoms with Gasteiger partial charge in [-0.15, -0.1) is 0 Å². The van der Waals surface area contributed by atoms with Crippen LogP contribution in [0.15, 0.2) is 17.0 Å². The molecule has 1 aliphatic carbocycles. The van der Waals surface area contributed by atoms with Gasteiger partial charge in [-0.25, -0.2) is 21.9 Å². The Balaban J connectivity index is 2.10. The summed E-state index contributed by atoms with van der Waals surface area (Å²) in [4.78, 5) is -0.669. The number of hydrogen-bond donors (Lipinski definition) is 3. The summed E-state index contributed by atoms with van der Waals surface area (Å²) in [6, 6.07) is 1.66. The number of anilines is 1. The van der Waals surface area contributed by atoms with E-state index in [0.29, 0.717) is 12.8 Å². The molecule has 0 heterocycles. The Morgan fingerprint density at radius 2 is 2.05 bits per heavy atom. The van der Waals surface area contributed by atoms with Gasteiger partial charge in [-0.3, -0.25) is 0 Å². The highest BCUT2D eigenvalue weighted by Crippen LogP contribution is 2.25. The molecule has 4 N–H and O–H groups in total. The average molecular weight is 320 g/mol. The highest BCUT2D eigenvalue weighted by atomic mass is 32.2. The van der Waals surface area contributed by atoms with Gasteiger partial charge in [0, 0.05) is 6.54 Å². The largest absolute Gasteiger partial charge is 0.394 e. The molecule has 0 aromatic heterocycles. The van der Waals surface area contributed by atoms with Crippen molar-refractivity contribution < 1.29 is 22.3 Å². The minimum atomic E-state index is -4.10. The number of benzene rings is 1. The van der Waals surface area contributed by atoms with E-state index in [2.05, 4.69) is 4.72 Å². The monoisotopic (exact) mass is 320 g/mol. The number of aliphatic hydroxyl groups excluding tert-OH is 1. The molecule has 2 atom stereocenters. The topological polar surface area (TPSA) is 92.4 Å². The smallest absolute Gasteiger partial charge is 0.243 e. The first kappa shape index (κ1) is 16.1. The standard InChI is InChI=1S/C13H18F2N2O3S/c14-10-4-5-11(12(15)13(10)16)21(19,20)17-7-8-2-1-3-9(18)6-8/h4-5,8-9,17-18H,1-3,6-7,16H2. The van der Waals surface area contributed by atoms with Gasteiger partial charge in [0.1, 0.15) is 16.4 Å². The van der Waals surface area contributed by atoms with Gasteiger partial charge in [-0.1, -0.05) is 6.42 Å². The molecule has 0 radical (unpaired) electrons. The molecule has 2 rings (SSSR count). The van der Waals surface area contributed by atoms with E-state index in [9.17, 15) is 22.3 Å². The molecule has 5 nitrogen and oxygen atoms in total. The van der Waals surface area contributed by atoms with Crippen LogP contribution in [0.2, 0.25) is 0 Å². The minimum absolute atomic E-state index is 0.00406. The van der Waals surface area contributed by atoms with Crippen molar-refractivity contribution in [1.29, 1.82) is 0 Å². The molecule has 1 aliphatic rings. The van der Waals surface area contributed by atoms with Gasteiger partial charge in [0.25, 0.3) is 0 Å². The third-order valence-corrected chi connectivity index (χ3v) is 5.14. The number of aliphatic hydroxyl groups is 1. The lowest BCUT2D eigenvalue weighted by atomic mass is 9.87. The van der Waals surface area contributed by atoms with Crippen molar-refractivity contribution >= 4 is 15.7 Å². The first-order valence-electron chi connectivity index (χ1n) is 6.72. The molecular weight excluding hydrogens is 302 g/mol. The second-order valence-electron chi connectivity index (χ2n) is 5.31. The lowest BCUT2D eigenvalue weighted by molar-refractivity contribution is 0.102. The number of hydrogen-bond acceptors (Lipinski definition) is 4. The maximum absolute atomic E-state index is 13.8. The maximum Gasteiger partial charge on any atom is 0.243 e. The Hall–Kier alpha value is -1.25. The molecule has 118 valence electrons. The summed E-state index contributed by atoms with van der Waals surface area (Å²) < 4.78 is 53.2. The third kappa shape index (κ3) is 3.69. The Kier molecular flexibility index (Phi) is 4.80. The van der Waals surface area contributed by atoms with E-state index in [1.165, 1.54) is 0 Å². The molecule has 2 unspecified atom stereocenters. The van der Waals surface area contributed by atoms with E-state index in [0.717, 1.165) is 25.0 Å². The van der Waals surface area contributed by atoms with Crippen LogP contribution in [0.4, 0.5) is 14.5 Å². The molecule has 0 bridgehead atoms. The van der Waals surface area contributed by atoms with Crippen molar-refractivity contribution in [1.82, 2.24) is 4.72 Å². The number of nitrogens with one attached hydrogen (secondary N) is 1. The third-order valence-electron chi connectivity index (χ3n) is 3.70. The molecule has 0 aliphatic heterocycles. The van der Waals surface area contributed by atoms with Gasteiger partial charge >= 0.3 is 0 Å². The van der Waals surface area contributed by atoms with E-state index < -0.39 is 38.3 Å². The van der Waals surface area contributed by atoms with E-state index in [1.54, 1.807) is 0 Å². The molecule has 8 heteroatoms. The van der Waals surface area contributed by atoms with Crippen LogP contribution in [-0.4, -0.2) is 26.2 Å². The van der Waals surface area contributed by atoms with Crippen molar-refractivity contribution in [3.05, 3.63) is 23.8 Å². The second-order valence-corrected chi connectivity index (χ2v) is 7.05. The van der Waals surface area contributed by atoms with Crippen LogP contribution in [0.5, 0.6) is 0 Å². The normalized spacial score (nSPS) is 23.2. The van der Waals surface area contributed by atoms with Gasteiger partial charge < -0.3 is 10.8 Å². The van der Waals surface area contributed by atoms with Gasteiger partial charge in [-0.2, -0.15) is 0 Å². The lowest BCUT2D eigenvalue weighted by Gasteiger charge is -2.25. The summed E-state index contributed by atoms with van der Waals surface area (Å²) in [5.41, 5.74) is 4.35. The zero-order valence-electron chi connectivity index (χ0n) is 11.4. The van der Waals surface area contributed by atoms with E-state index in [-0.39, 0.29) is 12.5 Å². The van der Waals surface area contributed by atoms with Crippen LogP contribution < -0.4 is 10.5 Å². The Morgan fingerprint density at radius 3 is 2.71 bits per heavy atom. The molecule has 0 saturated heterocycles. The fourth-order valence-corrected chi connectivity index (χ4v) is 3.71. The number of sulfonamides is 1. The molecular formula is C13H18F2N2O3S. The van der Waals surface area contributed by atoms with Crippen LogP contribution in [0.1, 0.15) is 25.7 Å². The number of nitrogens with two attached hydrogens (primary N) is 1. The molecule has 1 saturated carbocycles. The fourth-order valence-electron chi connectivity index (χ4n) is 2.51. The fraction of sp³-hybridized carbons (Fsp3) is 0.538. The Labute approximate surface area is 122 Å². The zero-order valence-corrected chi connectivity index (χ0v) is 12.2. The van der Waals surface area contributed by atoms with E-state index in [1.807, 2.05) is 0 Å². The quantitative estimate of drug-likeness (QED) is 0.731. The van der Waals surface area contributed by atoms with Crippen molar-refractivity contribution in [2.75, 3.05) is 12.3 Å². The summed E-state index contributed by atoms with van der Waals surface area (Å²) in [7, 11) is -4.10. The predicted octanol–water partition coefficient (Wildman–Crippen LogP) is 1.38. The molecule has 21 heavy (non-hydrogen) atoms. The second kappa shape index (κ2) is 6.25. The van der Waals surface area contributed by atoms with Crippen LogP contribution in [0, 0.1) is 17.6 Å². The average Bonchev–Trinajstić information content (AvgIpc) is 2.43. The molecule has 0 spiro atoms. The van der Waals surface area contributed by atoms with Crippen LogP contribution >= 0.6 is 0 Å². The predicted molar refractivity (Wildman–Crippen MR) is 73.9 cm³/mol. The Bertz CT molecular complexity index is 622. The maximum atomic E-state index is 13.8. The number of halogens is 2. The summed E-state index contributed by atoms with van der Waals surface area (Å²) in [5.74, 6) is -2.28. The number of rotatable bonds is 4. The van der Waals surface area contributed by atoms with Crippen LogP contribution in [-0.2, 0) is 10.0 Å². The first-order valence-corrected chi connectivity index (χ1v) is 8.21. The van der Waals surface area contributed by atoms with Crippen molar-refractivity contribution in [2.24, 2.45) is 5.92 Å². The SMILES string of the molecule is Nc1c(F)ccc(S(=O)(=O)NCC2CCCC(O)C2)c1F. The van der Waals surface area contributed by atoms with E-state index >= 15 is 0 Å². The highest BCUT2D eigenvalue weighted by Gasteiger charge is 2.25. The summed E-state index contributed by atoms with van der Waals surface area (Å²) in [5, 5.41) is 9.54. The van der Waals surface area contributed by atoms with Gasteiger partial charge in [0.05, 0.1) is 6.10 Å². The van der Waals surface area contributed by atoms with Gasteiger partial charge in [0.15, 0.2) is 5.82 Å². The van der Waals surface area contributed by atoms with Gasteiger partial charge in [-0.05, 0) is 37.3 Å². The summed E-state index contributed by atoms with van der Waals surface area (Å²) in [6.07, 6.45) is 2.42. The lowest BCUT2D eigenvalue weighted by Crippen LogP contribution is -2.33. The molecule has 0 amide bonds. The van der Waals surface area contributed by atoms with Gasteiger partial charge in [0.2, 0.25) is 10.0 Å². The molecule has 1 aromatic carbocycles. The molecule has 1 fully saturated rings.